The predicted octanol–water partition coefficient (Wildman–Crippen LogP) is 2.51. The first-order valence-electron chi connectivity index (χ1n) is 5.91. The number of aromatic amines is 2. The molecule has 3 N–H and O–H groups in total. The molecular weight excluding hydrogens is 226 g/mol. The fourth-order valence-corrected chi connectivity index (χ4v) is 2.00. The van der Waals surface area contributed by atoms with E-state index >= 15 is 0 Å². The summed E-state index contributed by atoms with van der Waals surface area (Å²) >= 11 is 0. The molecule has 0 radical (unpaired) electrons. The molecule has 0 bridgehead atoms. The van der Waals surface area contributed by atoms with Crippen molar-refractivity contribution in [2.24, 2.45) is 0 Å². The molecule has 0 saturated carbocycles. The van der Waals surface area contributed by atoms with E-state index in [0.717, 1.165) is 33.9 Å². The second-order valence-electron chi connectivity index (χ2n) is 4.38. The molecule has 0 aliphatic carbocycles. The Hall–Kier alpha value is -2.30. The number of hydrogen-bond donors (Lipinski definition) is 3. The van der Waals surface area contributed by atoms with Gasteiger partial charge in [-0.25, -0.2) is 9.97 Å². The van der Waals surface area contributed by atoms with Crippen LogP contribution >= 0.6 is 0 Å². The number of benzene rings is 1. The van der Waals surface area contributed by atoms with E-state index in [1.165, 1.54) is 0 Å². The van der Waals surface area contributed by atoms with Crippen LogP contribution in [0.5, 0.6) is 0 Å². The fraction of sp³-hybridized carbons (Fsp3) is 0.231. The maximum absolute atomic E-state index is 4.38. The summed E-state index contributed by atoms with van der Waals surface area (Å²) < 4.78 is 0. The van der Waals surface area contributed by atoms with Crippen LogP contribution in [0.4, 0.5) is 5.69 Å². The first-order valence-corrected chi connectivity index (χ1v) is 5.91. The number of anilines is 1. The van der Waals surface area contributed by atoms with Crippen molar-refractivity contribution in [2.75, 3.05) is 5.32 Å². The molecule has 92 valence electrons. The lowest BCUT2D eigenvalue weighted by Crippen LogP contribution is -2.01. The normalized spacial score (nSPS) is 11.0. The van der Waals surface area contributed by atoms with E-state index in [2.05, 4.69) is 31.3 Å². The fourth-order valence-electron chi connectivity index (χ4n) is 2.00. The van der Waals surface area contributed by atoms with Crippen LogP contribution in [0.25, 0.3) is 11.0 Å². The third-order valence-corrected chi connectivity index (χ3v) is 2.99. The number of aryl methyl sites for hydroxylation is 2. The lowest BCUT2D eigenvalue weighted by Gasteiger charge is -2.05. The minimum Gasteiger partial charge on any atom is -0.379 e. The number of nitrogens with zero attached hydrogens (tertiary/aromatic N) is 2. The average Bonchev–Trinajstić information content (AvgIpc) is 2.90. The van der Waals surface area contributed by atoms with E-state index in [1.807, 2.05) is 26.0 Å². The maximum atomic E-state index is 4.38. The largest absolute Gasteiger partial charge is 0.379 e. The molecule has 5 nitrogen and oxygen atoms in total. The lowest BCUT2D eigenvalue weighted by atomic mass is 10.2. The molecule has 2 heterocycles. The Balaban J connectivity index is 1.80. The van der Waals surface area contributed by atoms with Crippen molar-refractivity contribution < 1.29 is 0 Å². The molecule has 0 aliphatic rings. The summed E-state index contributed by atoms with van der Waals surface area (Å²) in [6.07, 6.45) is 1.72. The number of hydrogen-bond acceptors (Lipinski definition) is 3. The molecule has 18 heavy (non-hydrogen) atoms. The van der Waals surface area contributed by atoms with Crippen molar-refractivity contribution in [3.8, 4) is 0 Å². The Morgan fingerprint density at radius 1 is 1.28 bits per heavy atom. The Kier molecular flexibility index (Phi) is 2.51. The third kappa shape index (κ3) is 1.95. The Labute approximate surface area is 105 Å². The predicted molar refractivity (Wildman–Crippen MR) is 71.5 cm³/mol. The van der Waals surface area contributed by atoms with Gasteiger partial charge in [0.1, 0.15) is 5.82 Å². The van der Waals surface area contributed by atoms with Gasteiger partial charge in [0.2, 0.25) is 0 Å². The Bertz CT molecular complexity index is 680. The van der Waals surface area contributed by atoms with Gasteiger partial charge in [-0.05, 0) is 32.0 Å². The molecule has 0 atom stereocenters. The molecule has 2 aromatic heterocycles. The molecule has 0 fully saturated rings. The molecule has 0 saturated heterocycles. The van der Waals surface area contributed by atoms with Crippen molar-refractivity contribution in [2.45, 2.75) is 20.4 Å². The van der Waals surface area contributed by atoms with Crippen molar-refractivity contribution in [3.05, 3.63) is 41.7 Å². The quantitative estimate of drug-likeness (QED) is 0.660. The smallest absolute Gasteiger partial charge is 0.104 e. The molecule has 1 aromatic carbocycles. The van der Waals surface area contributed by atoms with Gasteiger partial charge in [-0.1, -0.05) is 0 Å². The van der Waals surface area contributed by atoms with E-state index in [4.69, 9.17) is 0 Å². The molecule has 5 heteroatoms. The molecular formula is C13H15N5. The van der Waals surface area contributed by atoms with Crippen LogP contribution in [0.2, 0.25) is 0 Å². The summed E-state index contributed by atoms with van der Waals surface area (Å²) in [6.45, 7) is 4.69. The SMILES string of the molecule is Cc1nc2ccc(NCc3nc[nH]c3C)cc2[nH]1. The first kappa shape index (κ1) is 10.8. The van der Waals surface area contributed by atoms with Gasteiger partial charge in [-0.15, -0.1) is 0 Å². The highest BCUT2D eigenvalue weighted by Gasteiger charge is 2.03. The molecule has 0 amide bonds. The van der Waals surface area contributed by atoms with Crippen molar-refractivity contribution in [1.82, 2.24) is 19.9 Å². The average molecular weight is 241 g/mol. The summed E-state index contributed by atoms with van der Waals surface area (Å²) in [4.78, 5) is 14.9. The summed E-state index contributed by atoms with van der Waals surface area (Å²) in [5.74, 6) is 0.935. The number of aromatic nitrogens is 4. The van der Waals surface area contributed by atoms with Crippen LogP contribution in [-0.2, 0) is 6.54 Å². The summed E-state index contributed by atoms with van der Waals surface area (Å²) in [6, 6.07) is 6.11. The van der Waals surface area contributed by atoms with E-state index < -0.39 is 0 Å². The van der Waals surface area contributed by atoms with Crippen molar-refractivity contribution in [1.29, 1.82) is 0 Å². The number of nitrogens with one attached hydrogen (secondary N) is 3. The highest BCUT2D eigenvalue weighted by atomic mass is 15.0. The topological polar surface area (TPSA) is 69.4 Å². The molecule has 0 unspecified atom stereocenters. The number of imidazole rings is 2. The van der Waals surface area contributed by atoms with Crippen molar-refractivity contribution >= 4 is 16.7 Å². The highest BCUT2D eigenvalue weighted by molar-refractivity contribution is 5.79. The number of fused-ring (bicyclic) bond motifs is 1. The third-order valence-electron chi connectivity index (χ3n) is 2.99. The van der Waals surface area contributed by atoms with Gasteiger partial charge in [0.05, 0.1) is 29.6 Å². The van der Waals surface area contributed by atoms with Gasteiger partial charge in [0.15, 0.2) is 0 Å². The van der Waals surface area contributed by atoms with Gasteiger partial charge in [-0.3, -0.25) is 0 Å². The summed E-state index contributed by atoms with van der Waals surface area (Å²) in [5, 5.41) is 3.36. The van der Waals surface area contributed by atoms with E-state index in [0.29, 0.717) is 6.54 Å². The number of H-pyrrole nitrogens is 2. The first-order chi connectivity index (χ1) is 8.72. The minimum absolute atomic E-state index is 0.716. The van der Waals surface area contributed by atoms with E-state index in [1.54, 1.807) is 6.33 Å². The highest BCUT2D eigenvalue weighted by Crippen LogP contribution is 2.17. The van der Waals surface area contributed by atoms with Gasteiger partial charge in [0.25, 0.3) is 0 Å². The van der Waals surface area contributed by atoms with Gasteiger partial charge >= 0.3 is 0 Å². The van der Waals surface area contributed by atoms with E-state index in [-0.39, 0.29) is 0 Å². The molecule has 3 aromatic rings. The standard InChI is InChI=1S/C13H15N5/c1-8-13(16-7-15-8)6-14-10-3-4-11-12(5-10)18-9(2)17-11/h3-5,7,14H,6H2,1-2H3,(H,15,16)(H,17,18). The zero-order valence-electron chi connectivity index (χ0n) is 10.4. The second kappa shape index (κ2) is 4.18. The second-order valence-corrected chi connectivity index (χ2v) is 4.38. The minimum atomic E-state index is 0.716. The van der Waals surface area contributed by atoms with Crippen LogP contribution in [-0.4, -0.2) is 19.9 Å². The Morgan fingerprint density at radius 3 is 2.94 bits per heavy atom. The zero-order chi connectivity index (χ0) is 12.5. The summed E-state index contributed by atoms with van der Waals surface area (Å²) in [5.41, 5.74) is 5.25. The molecule has 0 aliphatic heterocycles. The maximum Gasteiger partial charge on any atom is 0.104 e. The zero-order valence-corrected chi connectivity index (χ0v) is 10.4. The number of rotatable bonds is 3. The van der Waals surface area contributed by atoms with Crippen LogP contribution in [0.3, 0.4) is 0 Å². The van der Waals surface area contributed by atoms with Crippen LogP contribution in [0.15, 0.2) is 24.5 Å². The molecule has 0 spiro atoms. The van der Waals surface area contributed by atoms with E-state index in [9.17, 15) is 0 Å². The van der Waals surface area contributed by atoms with Gasteiger partial charge in [-0.2, -0.15) is 0 Å². The molecule has 3 rings (SSSR count). The lowest BCUT2D eigenvalue weighted by molar-refractivity contribution is 1.05. The van der Waals surface area contributed by atoms with Crippen LogP contribution in [0.1, 0.15) is 17.2 Å². The van der Waals surface area contributed by atoms with Crippen LogP contribution < -0.4 is 5.32 Å². The van der Waals surface area contributed by atoms with Crippen LogP contribution in [0, 0.1) is 13.8 Å². The van der Waals surface area contributed by atoms with Gasteiger partial charge in [0, 0.05) is 11.4 Å². The van der Waals surface area contributed by atoms with Crippen molar-refractivity contribution in [3.63, 3.8) is 0 Å². The van der Waals surface area contributed by atoms with Gasteiger partial charge < -0.3 is 15.3 Å². The Morgan fingerprint density at radius 2 is 2.17 bits per heavy atom. The monoisotopic (exact) mass is 241 g/mol. The summed E-state index contributed by atoms with van der Waals surface area (Å²) in [7, 11) is 0.